The molecule has 2 aromatic carbocycles. The SMILES string of the molecule is COc1cc(Cl)c(C(=O)c2cc(Br)ccc2Cl)cc1OC. The number of rotatable bonds is 4. The molecule has 110 valence electrons. The Morgan fingerprint density at radius 1 is 0.952 bits per heavy atom. The molecule has 21 heavy (non-hydrogen) atoms. The van der Waals surface area contributed by atoms with Crippen LogP contribution in [0.3, 0.4) is 0 Å². The molecule has 0 spiro atoms. The zero-order chi connectivity index (χ0) is 15.6. The Labute approximate surface area is 140 Å². The van der Waals surface area contributed by atoms with E-state index in [2.05, 4.69) is 15.9 Å². The number of halogens is 3. The minimum absolute atomic E-state index is 0.272. The maximum atomic E-state index is 12.6. The number of methoxy groups -OCH3 is 2. The topological polar surface area (TPSA) is 35.5 Å². The predicted octanol–water partition coefficient (Wildman–Crippen LogP) is 5.00. The lowest BCUT2D eigenvalue weighted by atomic mass is 10.0. The molecule has 6 heteroatoms. The third-order valence-corrected chi connectivity index (χ3v) is 4.03. The second-order valence-corrected chi connectivity index (χ2v) is 5.87. The Morgan fingerprint density at radius 3 is 2.14 bits per heavy atom. The van der Waals surface area contributed by atoms with E-state index in [1.807, 2.05) is 0 Å². The molecule has 0 saturated heterocycles. The lowest BCUT2D eigenvalue weighted by Crippen LogP contribution is -2.04. The van der Waals surface area contributed by atoms with E-state index in [0.29, 0.717) is 27.6 Å². The van der Waals surface area contributed by atoms with Crippen LogP contribution in [0.25, 0.3) is 0 Å². The van der Waals surface area contributed by atoms with Gasteiger partial charge in [-0.05, 0) is 24.3 Å². The van der Waals surface area contributed by atoms with Crippen LogP contribution in [0.15, 0.2) is 34.8 Å². The first-order valence-corrected chi connectivity index (χ1v) is 7.44. The molecule has 0 saturated carbocycles. The van der Waals surface area contributed by atoms with Gasteiger partial charge in [0.15, 0.2) is 17.3 Å². The van der Waals surface area contributed by atoms with Gasteiger partial charge in [-0.25, -0.2) is 0 Å². The van der Waals surface area contributed by atoms with Gasteiger partial charge >= 0.3 is 0 Å². The van der Waals surface area contributed by atoms with E-state index in [0.717, 1.165) is 4.47 Å². The Morgan fingerprint density at radius 2 is 1.52 bits per heavy atom. The van der Waals surface area contributed by atoms with E-state index < -0.39 is 0 Å². The summed E-state index contributed by atoms with van der Waals surface area (Å²) < 4.78 is 11.1. The van der Waals surface area contributed by atoms with Gasteiger partial charge < -0.3 is 9.47 Å². The van der Waals surface area contributed by atoms with Crippen LogP contribution in [0.1, 0.15) is 15.9 Å². The molecule has 0 aliphatic rings. The summed E-state index contributed by atoms with van der Waals surface area (Å²) in [6.07, 6.45) is 0. The molecule has 0 N–H and O–H groups in total. The van der Waals surface area contributed by atoms with E-state index in [1.165, 1.54) is 14.2 Å². The van der Waals surface area contributed by atoms with Crippen LogP contribution in [-0.2, 0) is 0 Å². The van der Waals surface area contributed by atoms with Gasteiger partial charge in [-0.3, -0.25) is 4.79 Å². The lowest BCUT2D eigenvalue weighted by molar-refractivity contribution is 0.103. The monoisotopic (exact) mass is 388 g/mol. The second-order valence-electron chi connectivity index (χ2n) is 4.14. The normalized spacial score (nSPS) is 10.3. The quantitative estimate of drug-likeness (QED) is 0.690. The summed E-state index contributed by atoms with van der Waals surface area (Å²) in [5.74, 6) is 0.600. The highest BCUT2D eigenvalue weighted by molar-refractivity contribution is 9.10. The minimum atomic E-state index is -0.285. The highest BCUT2D eigenvalue weighted by Crippen LogP contribution is 2.35. The van der Waals surface area contributed by atoms with E-state index >= 15 is 0 Å². The summed E-state index contributed by atoms with van der Waals surface area (Å²) in [6.45, 7) is 0. The summed E-state index contributed by atoms with van der Waals surface area (Å²) in [5, 5.41) is 0.628. The van der Waals surface area contributed by atoms with Gasteiger partial charge in [0, 0.05) is 21.7 Å². The summed E-state index contributed by atoms with van der Waals surface area (Å²) in [7, 11) is 2.99. The Hall–Kier alpha value is -1.23. The summed E-state index contributed by atoms with van der Waals surface area (Å²) >= 11 is 15.6. The first kappa shape index (κ1) is 16.1. The predicted molar refractivity (Wildman–Crippen MR) is 87.1 cm³/mol. The zero-order valence-corrected chi connectivity index (χ0v) is 14.3. The van der Waals surface area contributed by atoms with Crippen molar-refractivity contribution >= 4 is 44.9 Å². The van der Waals surface area contributed by atoms with E-state index in [9.17, 15) is 4.79 Å². The van der Waals surface area contributed by atoms with Crippen LogP contribution < -0.4 is 9.47 Å². The molecule has 2 rings (SSSR count). The summed E-state index contributed by atoms with van der Waals surface area (Å²) in [5.41, 5.74) is 0.662. The van der Waals surface area contributed by atoms with Gasteiger partial charge in [-0.1, -0.05) is 39.1 Å². The molecule has 0 aromatic heterocycles. The summed E-state index contributed by atoms with van der Waals surface area (Å²) in [6, 6.07) is 8.14. The van der Waals surface area contributed by atoms with Crippen molar-refractivity contribution in [2.24, 2.45) is 0 Å². The number of benzene rings is 2. The Bertz CT molecular complexity index is 702. The highest BCUT2D eigenvalue weighted by Gasteiger charge is 2.19. The molecule has 3 nitrogen and oxygen atoms in total. The number of carbonyl (C=O) groups excluding carboxylic acids is 1. The maximum Gasteiger partial charge on any atom is 0.196 e. The molecule has 0 unspecified atom stereocenters. The second kappa shape index (κ2) is 6.69. The first-order valence-electron chi connectivity index (χ1n) is 5.89. The molecule has 0 atom stereocenters. The van der Waals surface area contributed by atoms with Crippen LogP contribution in [0.4, 0.5) is 0 Å². The van der Waals surface area contributed by atoms with Gasteiger partial charge in [0.2, 0.25) is 0 Å². The number of hydrogen-bond donors (Lipinski definition) is 0. The fourth-order valence-electron chi connectivity index (χ4n) is 1.84. The molecule has 0 aliphatic heterocycles. The van der Waals surface area contributed by atoms with Crippen LogP contribution >= 0.6 is 39.1 Å². The molecular formula is C15H11BrCl2O3. The number of ether oxygens (including phenoxy) is 2. The molecule has 0 amide bonds. The van der Waals surface area contributed by atoms with Crippen molar-refractivity contribution in [3.63, 3.8) is 0 Å². The third-order valence-electron chi connectivity index (χ3n) is 2.89. The average molecular weight is 390 g/mol. The number of ketones is 1. The van der Waals surface area contributed by atoms with Crippen molar-refractivity contribution in [2.75, 3.05) is 14.2 Å². The van der Waals surface area contributed by atoms with E-state index in [1.54, 1.807) is 30.3 Å². The Kier molecular flexibility index (Phi) is 5.14. The fourth-order valence-corrected chi connectivity index (χ4v) is 2.65. The van der Waals surface area contributed by atoms with Crippen molar-refractivity contribution in [1.82, 2.24) is 0 Å². The zero-order valence-electron chi connectivity index (χ0n) is 11.2. The van der Waals surface area contributed by atoms with E-state index in [-0.39, 0.29) is 10.8 Å². The minimum Gasteiger partial charge on any atom is -0.493 e. The van der Waals surface area contributed by atoms with Crippen molar-refractivity contribution in [1.29, 1.82) is 0 Å². The Balaban J connectivity index is 2.55. The molecule has 0 fully saturated rings. The van der Waals surface area contributed by atoms with Crippen LogP contribution in [0, 0.1) is 0 Å². The molecule has 0 aliphatic carbocycles. The lowest BCUT2D eigenvalue weighted by Gasteiger charge is -2.12. The fraction of sp³-hybridized carbons (Fsp3) is 0.133. The van der Waals surface area contributed by atoms with Gasteiger partial charge in [0.25, 0.3) is 0 Å². The van der Waals surface area contributed by atoms with Crippen molar-refractivity contribution in [2.45, 2.75) is 0 Å². The third kappa shape index (κ3) is 3.34. The molecular weight excluding hydrogens is 379 g/mol. The standard InChI is InChI=1S/C15H11BrCl2O3/c1-20-13-6-10(12(18)7-14(13)21-2)15(19)9-5-8(16)3-4-11(9)17/h3-7H,1-2H3. The van der Waals surface area contributed by atoms with Crippen molar-refractivity contribution in [3.8, 4) is 11.5 Å². The first-order chi connectivity index (χ1) is 9.97. The largest absolute Gasteiger partial charge is 0.493 e. The smallest absolute Gasteiger partial charge is 0.196 e. The highest BCUT2D eigenvalue weighted by atomic mass is 79.9. The summed E-state index contributed by atoms with van der Waals surface area (Å²) in [4.78, 5) is 12.6. The molecule has 0 bridgehead atoms. The number of hydrogen-bond acceptors (Lipinski definition) is 3. The maximum absolute atomic E-state index is 12.6. The molecule has 0 radical (unpaired) electrons. The van der Waals surface area contributed by atoms with E-state index in [4.69, 9.17) is 32.7 Å². The van der Waals surface area contributed by atoms with Gasteiger partial charge in [0.1, 0.15) is 0 Å². The molecule has 2 aromatic rings. The average Bonchev–Trinajstić information content (AvgIpc) is 2.48. The van der Waals surface area contributed by atoms with Gasteiger partial charge in [-0.2, -0.15) is 0 Å². The number of carbonyl (C=O) groups is 1. The van der Waals surface area contributed by atoms with Crippen molar-refractivity contribution in [3.05, 3.63) is 56.0 Å². The van der Waals surface area contributed by atoms with Gasteiger partial charge in [-0.15, -0.1) is 0 Å². The van der Waals surface area contributed by atoms with Gasteiger partial charge in [0.05, 0.1) is 24.3 Å². The van der Waals surface area contributed by atoms with Crippen LogP contribution in [0.5, 0.6) is 11.5 Å². The van der Waals surface area contributed by atoms with Crippen LogP contribution in [0.2, 0.25) is 10.0 Å². The van der Waals surface area contributed by atoms with Crippen molar-refractivity contribution < 1.29 is 14.3 Å². The molecule has 0 heterocycles. The van der Waals surface area contributed by atoms with Crippen LogP contribution in [-0.4, -0.2) is 20.0 Å².